The third kappa shape index (κ3) is 4.18. The molecule has 0 radical (unpaired) electrons. The van der Waals surface area contributed by atoms with Crippen molar-refractivity contribution in [3.8, 4) is 0 Å². The molecule has 6 nitrogen and oxygen atoms in total. The van der Waals surface area contributed by atoms with E-state index in [0.29, 0.717) is 6.42 Å². The molecule has 0 saturated carbocycles. The normalized spacial score (nSPS) is 22.6. The summed E-state index contributed by atoms with van der Waals surface area (Å²) in [7, 11) is -3.06. The summed E-state index contributed by atoms with van der Waals surface area (Å²) in [6, 6.07) is -0.533. The Kier molecular flexibility index (Phi) is 5.41. The first kappa shape index (κ1) is 17.9. The molecule has 1 rings (SSSR count). The van der Waals surface area contributed by atoms with Crippen LogP contribution in [-0.2, 0) is 19.4 Å². The molecule has 1 aliphatic heterocycles. The number of rotatable bonds is 6. The summed E-state index contributed by atoms with van der Waals surface area (Å²) in [6.45, 7) is 8.99. The number of nitrogens with one attached hydrogen (secondary N) is 1. The molecule has 1 N–H and O–H groups in total. The van der Waals surface area contributed by atoms with E-state index in [-0.39, 0.29) is 35.8 Å². The van der Waals surface area contributed by atoms with Crippen LogP contribution in [-0.4, -0.2) is 54.8 Å². The maximum absolute atomic E-state index is 12.5. The van der Waals surface area contributed by atoms with Gasteiger partial charge in [-0.05, 0) is 26.2 Å². The van der Waals surface area contributed by atoms with Crippen molar-refractivity contribution in [3.05, 3.63) is 0 Å². The first-order valence-corrected chi connectivity index (χ1v) is 9.17. The summed E-state index contributed by atoms with van der Waals surface area (Å²) >= 11 is 0. The molecule has 21 heavy (non-hydrogen) atoms. The van der Waals surface area contributed by atoms with Crippen molar-refractivity contribution in [1.82, 2.24) is 10.2 Å². The van der Waals surface area contributed by atoms with Crippen LogP contribution in [0.3, 0.4) is 0 Å². The van der Waals surface area contributed by atoms with Crippen LogP contribution in [0.15, 0.2) is 0 Å². The predicted molar refractivity (Wildman–Crippen MR) is 81.5 cm³/mol. The third-order valence-corrected chi connectivity index (χ3v) is 5.55. The van der Waals surface area contributed by atoms with Gasteiger partial charge >= 0.3 is 0 Å². The van der Waals surface area contributed by atoms with Gasteiger partial charge < -0.3 is 10.2 Å². The average Bonchev–Trinajstić information content (AvgIpc) is 2.34. The van der Waals surface area contributed by atoms with Crippen LogP contribution in [0.25, 0.3) is 0 Å². The number of nitrogens with zero attached hydrogens (tertiary/aromatic N) is 1. The maximum Gasteiger partial charge on any atom is 0.248 e. The number of amides is 2. The molecule has 1 saturated heterocycles. The van der Waals surface area contributed by atoms with Gasteiger partial charge in [-0.1, -0.05) is 20.8 Å². The first-order chi connectivity index (χ1) is 9.52. The Labute approximate surface area is 127 Å². The van der Waals surface area contributed by atoms with E-state index in [2.05, 4.69) is 5.32 Å². The molecule has 7 heteroatoms. The van der Waals surface area contributed by atoms with E-state index >= 15 is 0 Å². The van der Waals surface area contributed by atoms with E-state index < -0.39 is 21.4 Å². The number of sulfone groups is 1. The number of piperazine rings is 1. The van der Waals surface area contributed by atoms with Crippen LogP contribution in [0.5, 0.6) is 0 Å². The van der Waals surface area contributed by atoms with Gasteiger partial charge in [-0.2, -0.15) is 0 Å². The van der Waals surface area contributed by atoms with E-state index in [4.69, 9.17) is 0 Å². The molecule has 122 valence electrons. The molecule has 2 amide bonds. The molecular formula is C14H26N2O4S. The Balaban J connectivity index is 2.87. The Morgan fingerprint density at radius 1 is 1.29 bits per heavy atom. The molecule has 0 aliphatic carbocycles. The molecule has 1 unspecified atom stereocenters. The van der Waals surface area contributed by atoms with E-state index in [0.717, 1.165) is 0 Å². The van der Waals surface area contributed by atoms with Crippen LogP contribution in [0.4, 0.5) is 0 Å². The molecule has 0 aromatic carbocycles. The predicted octanol–water partition coefficient (Wildman–Crippen LogP) is 0.573. The SMILES string of the molecule is CCS(=O)(=O)CCCN1C(=O)C(C)(C)NC(=O)C1C(C)C. The second kappa shape index (κ2) is 6.34. The van der Waals surface area contributed by atoms with Gasteiger partial charge in [0.05, 0.1) is 5.75 Å². The minimum absolute atomic E-state index is 0.0205. The minimum atomic E-state index is -3.06. The monoisotopic (exact) mass is 318 g/mol. The van der Waals surface area contributed by atoms with Gasteiger partial charge in [0.1, 0.15) is 21.4 Å². The maximum atomic E-state index is 12.5. The lowest BCUT2D eigenvalue weighted by atomic mass is 9.91. The van der Waals surface area contributed by atoms with Gasteiger partial charge in [-0.3, -0.25) is 9.59 Å². The quantitative estimate of drug-likeness (QED) is 0.776. The fourth-order valence-electron chi connectivity index (χ4n) is 2.56. The highest BCUT2D eigenvalue weighted by Gasteiger charge is 2.45. The second-order valence-corrected chi connectivity index (χ2v) is 8.86. The van der Waals surface area contributed by atoms with Crippen molar-refractivity contribution in [2.45, 2.75) is 52.6 Å². The zero-order chi connectivity index (χ0) is 16.4. The Morgan fingerprint density at radius 2 is 1.86 bits per heavy atom. The van der Waals surface area contributed by atoms with Crippen molar-refractivity contribution in [2.75, 3.05) is 18.1 Å². The molecule has 0 aromatic heterocycles. The van der Waals surface area contributed by atoms with Gasteiger partial charge in [-0.15, -0.1) is 0 Å². The number of hydrogen-bond donors (Lipinski definition) is 1. The number of hydrogen-bond acceptors (Lipinski definition) is 4. The zero-order valence-corrected chi connectivity index (χ0v) is 14.3. The highest BCUT2D eigenvalue weighted by Crippen LogP contribution is 2.23. The lowest BCUT2D eigenvalue weighted by molar-refractivity contribution is -0.155. The van der Waals surface area contributed by atoms with Gasteiger partial charge in [0, 0.05) is 12.3 Å². The summed E-state index contributed by atoms with van der Waals surface area (Å²) in [5.41, 5.74) is -0.938. The molecule has 1 atom stereocenters. The fourth-order valence-corrected chi connectivity index (χ4v) is 3.42. The summed E-state index contributed by atoms with van der Waals surface area (Å²) in [5, 5.41) is 2.74. The molecule has 1 fully saturated rings. The van der Waals surface area contributed by atoms with Gasteiger partial charge in [0.25, 0.3) is 0 Å². The van der Waals surface area contributed by atoms with Crippen molar-refractivity contribution >= 4 is 21.7 Å². The molecule has 1 heterocycles. The Bertz CT molecular complexity index is 511. The van der Waals surface area contributed by atoms with E-state index in [1.165, 1.54) is 4.90 Å². The summed E-state index contributed by atoms with van der Waals surface area (Å²) in [5.74, 6) is -0.212. The Morgan fingerprint density at radius 3 is 2.33 bits per heavy atom. The van der Waals surface area contributed by atoms with Crippen LogP contribution < -0.4 is 5.32 Å². The summed E-state index contributed by atoms with van der Waals surface area (Å²) in [6.07, 6.45) is 0.356. The van der Waals surface area contributed by atoms with Crippen molar-refractivity contribution in [1.29, 1.82) is 0 Å². The van der Waals surface area contributed by atoms with Crippen molar-refractivity contribution in [2.24, 2.45) is 5.92 Å². The summed E-state index contributed by atoms with van der Waals surface area (Å²) in [4.78, 5) is 26.2. The Hall–Kier alpha value is -1.11. The lowest BCUT2D eigenvalue weighted by Gasteiger charge is -2.44. The number of carbonyl (C=O) groups excluding carboxylic acids is 2. The highest BCUT2D eigenvalue weighted by molar-refractivity contribution is 7.91. The van der Waals surface area contributed by atoms with E-state index in [1.807, 2.05) is 13.8 Å². The third-order valence-electron chi connectivity index (χ3n) is 3.76. The fraction of sp³-hybridized carbons (Fsp3) is 0.857. The lowest BCUT2D eigenvalue weighted by Crippen LogP contribution is -2.69. The van der Waals surface area contributed by atoms with E-state index in [1.54, 1.807) is 20.8 Å². The van der Waals surface area contributed by atoms with Gasteiger partial charge in [0.2, 0.25) is 11.8 Å². The minimum Gasteiger partial charge on any atom is -0.340 e. The molecule has 0 bridgehead atoms. The van der Waals surface area contributed by atoms with Crippen LogP contribution in [0, 0.1) is 5.92 Å². The first-order valence-electron chi connectivity index (χ1n) is 7.35. The second-order valence-electron chi connectivity index (χ2n) is 6.39. The highest BCUT2D eigenvalue weighted by atomic mass is 32.2. The van der Waals surface area contributed by atoms with Crippen LogP contribution in [0.2, 0.25) is 0 Å². The molecule has 0 spiro atoms. The standard InChI is InChI=1S/C14H26N2O4S/c1-6-21(19,20)9-7-8-16-11(10(2)3)12(17)15-14(4,5)13(16)18/h10-11H,6-9H2,1-5H3,(H,15,17). The van der Waals surface area contributed by atoms with Gasteiger partial charge in [0.15, 0.2) is 0 Å². The summed E-state index contributed by atoms with van der Waals surface area (Å²) < 4.78 is 23.1. The molecule has 1 aliphatic rings. The van der Waals surface area contributed by atoms with Crippen LogP contribution >= 0.6 is 0 Å². The van der Waals surface area contributed by atoms with Crippen molar-refractivity contribution < 1.29 is 18.0 Å². The number of carbonyl (C=O) groups is 2. The topological polar surface area (TPSA) is 83.6 Å². The van der Waals surface area contributed by atoms with Crippen LogP contribution in [0.1, 0.15) is 41.0 Å². The van der Waals surface area contributed by atoms with E-state index in [9.17, 15) is 18.0 Å². The zero-order valence-electron chi connectivity index (χ0n) is 13.5. The van der Waals surface area contributed by atoms with Gasteiger partial charge in [-0.25, -0.2) is 8.42 Å². The largest absolute Gasteiger partial charge is 0.340 e. The average molecular weight is 318 g/mol. The smallest absolute Gasteiger partial charge is 0.248 e. The molecular weight excluding hydrogens is 292 g/mol. The molecule has 0 aromatic rings. The van der Waals surface area contributed by atoms with Crippen molar-refractivity contribution in [3.63, 3.8) is 0 Å².